The number of nitrogens with one attached hydrogen (secondary N) is 1. The molecule has 4 nitrogen and oxygen atoms in total. The third kappa shape index (κ3) is 6.46. The van der Waals surface area contributed by atoms with Gasteiger partial charge in [0.15, 0.2) is 0 Å². The summed E-state index contributed by atoms with van der Waals surface area (Å²) in [4.78, 5) is 16.0. The van der Waals surface area contributed by atoms with Crippen molar-refractivity contribution in [2.45, 2.75) is 43.4 Å². The van der Waals surface area contributed by atoms with Crippen LogP contribution in [0.1, 0.15) is 27.2 Å². The second-order valence-corrected chi connectivity index (χ2v) is 8.16. The van der Waals surface area contributed by atoms with Crippen molar-refractivity contribution in [2.75, 3.05) is 32.8 Å². The molecule has 2 rings (SSSR count). The van der Waals surface area contributed by atoms with Crippen molar-refractivity contribution in [2.24, 2.45) is 5.92 Å². The molecule has 134 valence electrons. The standard InChI is InChI=1S/C19H30N2O2S/c1-15(2)13-17(21-9-11-23-12-10-21)14-20-19(22)16(3)24-18-7-5-4-6-8-18/h4-8,15-17H,9-14H2,1-3H3,(H,20,22)/t16-,17+/m1/s1. The zero-order valence-electron chi connectivity index (χ0n) is 15.0. The summed E-state index contributed by atoms with van der Waals surface area (Å²) in [5.41, 5.74) is 0. The summed E-state index contributed by atoms with van der Waals surface area (Å²) >= 11 is 1.61. The van der Waals surface area contributed by atoms with Crippen molar-refractivity contribution in [3.63, 3.8) is 0 Å². The maximum absolute atomic E-state index is 12.4. The predicted octanol–water partition coefficient (Wildman–Crippen LogP) is 3.03. The molecule has 1 aromatic carbocycles. The van der Waals surface area contributed by atoms with Crippen LogP contribution < -0.4 is 5.32 Å². The maximum Gasteiger partial charge on any atom is 0.233 e. The number of nitrogens with zero attached hydrogens (tertiary/aromatic N) is 1. The van der Waals surface area contributed by atoms with E-state index in [9.17, 15) is 4.79 Å². The Morgan fingerprint density at radius 1 is 1.21 bits per heavy atom. The topological polar surface area (TPSA) is 41.6 Å². The lowest BCUT2D eigenvalue weighted by Crippen LogP contribution is -2.50. The minimum Gasteiger partial charge on any atom is -0.379 e. The smallest absolute Gasteiger partial charge is 0.233 e. The number of carbonyl (C=O) groups excluding carboxylic acids is 1. The van der Waals surface area contributed by atoms with Crippen LogP contribution in [0.3, 0.4) is 0 Å². The van der Waals surface area contributed by atoms with Gasteiger partial charge in [-0.05, 0) is 31.4 Å². The van der Waals surface area contributed by atoms with E-state index in [1.54, 1.807) is 11.8 Å². The van der Waals surface area contributed by atoms with Crippen LogP contribution in [-0.2, 0) is 9.53 Å². The average Bonchev–Trinajstić information content (AvgIpc) is 2.59. The fourth-order valence-corrected chi connectivity index (χ4v) is 3.88. The number of thioether (sulfide) groups is 1. The highest BCUT2D eigenvalue weighted by molar-refractivity contribution is 8.00. The molecular weight excluding hydrogens is 320 g/mol. The molecule has 0 radical (unpaired) electrons. The molecule has 1 heterocycles. The Kier molecular flexibility index (Phi) is 8.09. The summed E-state index contributed by atoms with van der Waals surface area (Å²) in [5.74, 6) is 0.733. The van der Waals surface area contributed by atoms with Gasteiger partial charge in [0.05, 0.1) is 18.5 Å². The lowest BCUT2D eigenvalue weighted by atomic mass is 10.0. The van der Waals surface area contributed by atoms with Gasteiger partial charge in [0, 0.05) is 30.6 Å². The SMILES string of the molecule is CC(C)C[C@@H](CNC(=O)[C@@H](C)Sc1ccccc1)N1CCOCC1. The van der Waals surface area contributed by atoms with Gasteiger partial charge in [0.1, 0.15) is 0 Å². The number of rotatable bonds is 8. The second-order valence-electron chi connectivity index (χ2n) is 6.75. The van der Waals surface area contributed by atoms with Crippen molar-refractivity contribution in [1.29, 1.82) is 0 Å². The van der Waals surface area contributed by atoms with Crippen molar-refractivity contribution in [1.82, 2.24) is 10.2 Å². The van der Waals surface area contributed by atoms with Crippen molar-refractivity contribution in [3.05, 3.63) is 30.3 Å². The molecular formula is C19H30N2O2S. The largest absolute Gasteiger partial charge is 0.379 e. The Hall–Kier alpha value is -1.04. The number of morpholine rings is 1. The van der Waals surface area contributed by atoms with E-state index in [-0.39, 0.29) is 11.2 Å². The lowest BCUT2D eigenvalue weighted by Gasteiger charge is -2.35. The van der Waals surface area contributed by atoms with Crippen molar-refractivity contribution < 1.29 is 9.53 Å². The van der Waals surface area contributed by atoms with E-state index in [4.69, 9.17) is 4.74 Å². The summed E-state index contributed by atoms with van der Waals surface area (Å²) in [6, 6.07) is 10.5. The van der Waals surface area contributed by atoms with Gasteiger partial charge in [-0.1, -0.05) is 32.0 Å². The molecule has 0 unspecified atom stereocenters. The van der Waals surface area contributed by atoms with Gasteiger partial charge in [-0.3, -0.25) is 9.69 Å². The quantitative estimate of drug-likeness (QED) is 0.732. The summed E-state index contributed by atoms with van der Waals surface area (Å²) in [7, 11) is 0. The molecule has 2 atom stereocenters. The van der Waals surface area contributed by atoms with E-state index in [1.807, 2.05) is 37.3 Å². The third-order valence-corrected chi connectivity index (χ3v) is 5.35. The Morgan fingerprint density at radius 2 is 1.88 bits per heavy atom. The zero-order chi connectivity index (χ0) is 17.4. The fraction of sp³-hybridized carbons (Fsp3) is 0.632. The van der Waals surface area contributed by atoms with Crippen LogP contribution in [0.2, 0.25) is 0 Å². The Balaban J connectivity index is 1.84. The molecule has 1 fully saturated rings. The van der Waals surface area contributed by atoms with E-state index >= 15 is 0 Å². The van der Waals surface area contributed by atoms with E-state index in [2.05, 4.69) is 24.1 Å². The first kappa shape index (κ1) is 19.3. The first-order valence-electron chi connectivity index (χ1n) is 8.87. The minimum atomic E-state index is -0.0863. The van der Waals surface area contributed by atoms with Gasteiger partial charge < -0.3 is 10.1 Å². The number of amides is 1. The van der Waals surface area contributed by atoms with Gasteiger partial charge in [-0.15, -0.1) is 11.8 Å². The number of carbonyl (C=O) groups is 1. The van der Waals surface area contributed by atoms with E-state index < -0.39 is 0 Å². The van der Waals surface area contributed by atoms with Gasteiger partial charge in [-0.2, -0.15) is 0 Å². The van der Waals surface area contributed by atoms with Crippen molar-refractivity contribution >= 4 is 17.7 Å². The molecule has 0 saturated carbocycles. The number of hydrogen-bond donors (Lipinski definition) is 1. The molecule has 0 spiro atoms. The lowest BCUT2D eigenvalue weighted by molar-refractivity contribution is -0.120. The number of hydrogen-bond acceptors (Lipinski definition) is 4. The number of ether oxygens (including phenoxy) is 1. The Bertz CT molecular complexity index is 489. The van der Waals surface area contributed by atoms with E-state index in [0.29, 0.717) is 12.0 Å². The highest BCUT2D eigenvalue weighted by Gasteiger charge is 2.23. The van der Waals surface area contributed by atoms with E-state index in [1.165, 1.54) is 0 Å². The van der Waals surface area contributed by atoms with Crippen LogP contribution in [-0.4, -0.2) is 54.9 Å². The molecule has 1 aliphatic heterocycles. The summed E-state index contributed by atoms with van der Waals surface area (Å²) < 4.78 is 5.45. The molecule has 5 heteroatoms. The first-order valence-corrected chi connectivity index (χ1v) is 9.75. The normalized spacial score (nSPS) is 18.3. The molecule has 1 saturated heterocycles. The maximum atomic E-state index is 12.4. The molecule has 1 aliphatic rings. The van der Waals surface area contributed by atoms with Gasteiger partial charge in [0.2, 0.25) is 5.91 Å². The monoisotopic (exact) mass is 350 g/mol. The van der Waals surface area contributed by atoms with Crippen LogP contribution in [0, 0.1) is 5.92 Å². The molecule has 0 aliphatic carbocycles. The van der Waals surface area contributed by atoms with Crippen LogP contribution in [0.25, 0.3) is 0 Å². The summed E-state index contributed by atoms with van der Waals surface area (Å²) in [5, 5.41) is 3.08. The summed E-state index contributed by atoms with van der Waals surface area (Å²) in [6.07, 6.45) is 1.10. The van der Waals surface area contributed by atoms with Gasteiger partial charge in [-0.25, -0.2) is 0 Å². The van der Waals surface area contributed by atoms with Crippen LogP contribution in [0.5, 0.6) is 0 Å². The fourth-order valence-electron chi connectivity index (χ4n) is 2.97. The van der Waals surface area contributed by atoms with Gasteiger partial charge >= 0.3 is 0 Å². The predicted molar refractivity (Wildman–Crippen MR) is 100 cm³/mol. The zero-order valence-corrected chi connectivity index (χ0v) is 15.8. The molecule has 1 aromatic rings. The van der Waals surface area contributed by atoms with E-state index in [0.717, 1.165) is 44.2 Å². The second kappa shape index (κ2) is 10.1. The third-order valence-electron chi connectivity index (χ3n) is 4.24. The van der Waals surface area contributed by atoms with Crippen LogP contribution >= 0.6 is 11.8 Å². The molecule has 0 bridgehead atoms. The molecule has 0 aromatic heterocycles. The Labute approximate surface area is 150 Å². The Morgan fingerprint density at radius 3 is 2.50 bits per heavy atom. The molecule has 24 heavy (non-hydrogen) atoms. The first-order chi connectivity index (χ1) is 11.6. The molecule has 1 N–H and O–H groups in total. The minimum absolute atomic E-state index is 0.0863. The number of benzene rings is 1. The molecule has 1 amide bonds. The van der Waals surface area contributed by atoms with Gasteiger partial charge in [0.25, 0.3) is 0 Å². The van der Waals surface area contributed by atoms with Crippen LogP contribution in [0.15, 0.2) is 35.2 Å². The highest BCUT2D eigenvalue weighted by atomic mass is 32.2. The average molecular weight is 351 g/mol. The van der Waals surface area contributed by atoms with Crippen molar-refractivity contribution in [3.8, 4) is 0 Å². The highest BCUT2D eigenvalue weighted by Crippen LogP contribution is 2.22. The summed E-state index contributed by atoms with van der Waals surface area (Å²) in [6.45, 7) is 10.7. The van der Waals surface area contributed by atoms with Crippen LogP contribution in [0.4, 0.5) is 0 Å².